The van der Waals surface area contributed by atoms with Crippen molar-refractivity contribution in [1.29, 1.82) is 0 Å². The summed E-state index contributed by atoms with van der Waals surface area (Å²) in [5.41, 5.74) is 3.29. The number of nitrogens with zero attached hydrogens (tertiary/aromatic N) is 2. The molecule has 1 heterocycles. The van der Waals surface area contributed by atoms with Gasteiger partial charge in [0.1, 0.15) is 0 Å². The van der Waals surface area contributed by atoms with E-state index >= 15 is 0 Å². The second-order valence-corrected chi connectivity index (χ2v) is 1.52. The molecule has 2 N–H and O–H groups in total. The predicted octanol–water partition coefficient (Wildman–Crippen LogP) is 0.619. The molecule has 0 saturated carbocycles. The molecule has 0 fully saturated rings. The zero-order chi connectivity index (χ0) is 14.5. The van der Waals surface area contributed by atoms with Crippen LogP contribution < -0.4 is 5.73 Å². The molecule has 9 heavy (non-hydrogen) atoms. The van der Waals surface area contributed by atoms with Crippen LogP contribution >= 0.6 is 0 Å². The number of hydrogen-bond acceptors (Lipinski definition) is 2. The van der Waals surface area contributed by atoms with Crippen LogP contribution in [0.25, 0.3) is 0 Å². The lowest BCUT2D eigenvalue weighted by Crippen LogP contribution is -1.93. The summed E-state index contributed by atoms with van der Waals surface area (Å²) >= 11 is 0. The van der Waals surface area contributed by atoms with Crippen molar-refractivity contribution in [2.75, 3.05) is 5.73 Å². The van der Waals surface area contributed by atoms with Crippen molar-refractivity contribution in [3.63, 3.8) is 0 Å². The van der Waals surface area contributed by atoms with Gasteiger partial charge in [0.25, 0.3) is 0 Å². The van der Waals surface area contributed by atoms with Crippen molar-refractivity contribution >= 4 is 5.69 Å². The van der Waals surface area contributed by atoms with E-state index in [1.165, 1.54) is 0 Å². The molecule has 0 bridgehead atoms. The largest absolute Gasteiger partial charge is 0.396 e. The summed E-state index contributed by atoms with van der Waals surface area (Å²) in [5, 5.41) is 3.33. The van der Waals surface area contributed by atoms with Crippen LogP contribution in [0.5, 0.6) is 0 Å². The van der Waals surface area contributed by atoms with Crippen molar-refractivity contribution in [1.82, 2.24) is 9.78 Å². The van der Waals surface area contributed by atoms with Gasteiger partial charge in [-0.15, -0.1) is 0 Å². The summed E-state index contributed by atoms with van der Waals surface area (Å²) < 4.78 is 64.7. The van der Waals surface area contributed by atoms with Gasteiger partial charge in [-0.25, -0.2) is 0 Å². The number of hydrogen-bond donors (Lipinski definition) is 1. The minimum Gasteiger partial charge on any atom is -0.396 e. The van der Waals surface area contributed by atoms with Gasteiger partial charge in [0, 0.05) is 19.3 Å². The summed E-state index contributed by atoms with van der Waals surface area (Å²) in [7, 11) is 0. The third kappa shape index (κ3) is 0.781. The maximum atomic E-state index is 7.21. The van der Waals surface area contributed by atoms with Crippen LogP contribution in [0.4, 0.5) is 5.69 Å². The highest BCUT2D eigenvalue weighted by Crippen LogP contribution is 2.12. The molecule has 0 amide bonds. The lowest BCUT2D eigenvalue weighted by atomic mass is 10.3. The normalized spacial score (nSPS) is 29.1. The second-order valence-electron chi connectivity index (χ2n) is 1.52. The van der Waals surface area contributed by atoms with Crippen molar-refractivity contribution in [2.45, 2.75) is 13.7 Å². The van der Waals surface area contributed by atoms with Gasteiger partial charge in [0.2, 0.25) is 0 Å². The van der Waals surface area contributed by atoms with E-state index in [2.05, 4.69) is 5.10 Å². The molecular weight excluding hydrogens is 114 g/mol. The highest BCUT2D eigenvalue weighted by molar-refractivity contribution is 5.46. The van der Waals surface area contributed by atoms with Gasteiger partial charge in [-0.05, 0) is 13.7 Å². The summed E-state index contributed by atoms with van der Waals surface area (Å²) in [4.78, 5) is 0. The van der Waals surface area contributed by atoms with Crippen LogP contribution in [-0.2, 0) is 6.98 Å². The molecule has 1 rings (SSSR count). The highest BCUT2D eigenvalue weighted by Gasteiger charge is 2.02. The number of nitrogen functional groups attached to an aromatic ring is 1. The van der Waals surface area contributed by atoms with E-state index < -0.39 is 37.8 Å². The van der Waals surface area contributed by atoms with E-state index in [-0.39, 0.29) is 4.68 Å². The molecule has 1 aromatic rings. The first kappa shape index (κ1) is 1.36. The van der Waals surface area contributed by atoms with Gasteiger partial charge in [0.05, 0.1) is 17.1 Å². The molecule has 0 aromatic carbocycles. The lowest BCUT2D eigenvalue weighted by molar-refractivity contribution is 0.731. The minimum atomic E-state index is -2.92. The third-order valence-electron chi connectivity index (χ3n) is 0.922. The van der Waals surface area contributed by atoms with Crippen LogP contribution in [0.3, 0.4) is 0 Å². The summed E-state index contributed by atoms with van der Waals surface area (Å²) in [6.45, 7) is -8.56. The number of aromatic nitrogens is 2. The fraction of sp³-hybridized carbons (Fsp3) is 0.500. The Hall–Kier alpha value is -0.990. The first-order valence-electron chi connectivity index (χ1n) is 6.66. The third-order valence-corrected chi connectivity index (χ3v) is 0.922. The molecule has 3 nitrogen and oxygen atoms in total. The van der Waals surface area contributed by atoms with Crippen molar-refractivity contribution < 1.29 is 12.3 Å². The van der Waals surface area contributed by atoms with Gasteiger partial charge in [-0.2, -0.15) is 5.10 Å². The van der Waals surface area contributed by atoms with Crippen LogP contribution in [0.15, 0.2) is 0 Å². The van der Waals surface area contributed by atoms with E-state index in [4.69, 9.17) is 18.1 Å². The van der Waals surface area contributed by atoms with E-state index in [9.17, 15) is 0 Å². The minimum absolute atomic E-state index is 0.178. The maximum absolute atomic E-state index is 7.21. The molecular formula is C6H11N3. The molecule has 0 atom stereocenters. The van der Waals surface area contributed by atoms with Gasteiger partial charge >= 0.3 is 0 Å². The van der Waals surface area contributed by atoms with Crippen LogP contribution in [0.2, 0.25) is 0 Å². The number of rotatable bonds is 0. The number of aryl methyl sites for hydroxylation is 2. The molecule has 0 aliphatic carbocycles. The van der Waals surface area contributed by atoms with Gasteiger partial charge in [0.15, 0.2) is 0 Å². The molecule has 1 aromatic heterocycles. The fourth-order valence-corrected chi connectivity index (χ4v) is 0.430. The average molecular weight is 134 g/mol. The Kier molecular flexibility index (Phi) is 0.265. The SMILES string of the molecule is [2H]C([2H])([2H])c1nn(C([2H])([2H])[2H])c(C([2H])([2H])[2H])c1N. The maximum Gasteiger partial charge on any atom is 0.0825 e. The summed E-state index contributed by atoms with van der Waals surface area (Å²) in [6, 6.07) is 0. The van der Waals surface area contributed by atoms with Crippen molar-refractivity contribution in [2.24, 2.45) is 6.98 Å². The zero-order valence-corrected chi connectivity index (χ0v) is 4.47. The molecule has 50 valence electrons. The monoisotopic (exact) mass is 134 g/mol. The van der Waals surface area contributed by atoms with E-state index in [0.29, 0.717) is 0 Å². The van der Waals surface area contributed by atoms with Crippen molar-refractivity contribution in [3.05, 3.63) is 11.4 Å². The molecule has 0 radical (unpaired) electrons. The summed E-state index contributed by atoms with van der Waals surface area (Å²) in [6.07, 6.45) is 0. The molecule has 0 spiro atoms. The van der Waals surface area contributed by atoms with E-state index in [1.54, 1.807) is 0 Å². The molecule has 0 saturated heterocycles. The standard InChI is InChI=1S/C6H11N3/c1-4-6(7)5(2)9(3)8-4/h7H2,1-3H3/i1D3,2D3,3D3. The zero-order valence-electron chi connectivity index (χ0n) is 13.5. The number of nitrogens with two attached hydrogens (primary N) is 1. The second kappa shape index (κ2) is 1.76. The Bertz CT molecular complexity index is 449. The first-order chi connectivity index (χ1) is 7.76. The van der Waals surface area contributed by atoms with Gasteiger partial charge < -0.3 is 5.73 Å². The van der Waals surface area contributed by atoms with Crippen LogP contribution in [-0.4, -0.2) is 9.78 Å². The Balaban J connectivity index is 3.63. The molecule has 0 aliphatic rings. The lowest BCUT2D eigenvalue weighted by Gasteiger charge is -1.90. The van der Waals surface area contributed by atoms with Crippen molar-refractivity contribution in [3.8, 4) is 0 Å². The number of anilines is 1. The molecule has 3 heteroatoms. The summed E-state index contributed by atoms with van der Waals surface area (Å²) in [5.74, 6) is 0. The Morgan fingerprint density at radius 2 is 2.56 bits per heavy atom. The van der Waals surface area contributed by atoms with Gasteiger partial charge in [-0.3, -0.25) is 4.68 Å². The quantitative estimate of drug-likeness (QED) is 0.565. The Morgan fingerprint density at radius 1 is 1.67 bits per heavy atom. The van der Waals surface area contributed by atoms with Gasteiger partial charge in [-0.1, -0.05) is 0 Å². The fourth-order valence-electron chi connectivity index (χ4n) is 0.430. The molecule has 0 unspecified atom stereocenters. The predicted molar refractivity (Wildman–Crippen MR) is 37.1 cm³/mol. The smallest absolute Gasteiger partial charge is 0.0825 e. The average Bonchev–Trinajstić information content (AvgIpc) is 2.39. The first-order valence-corrected chi connectivity index (χ1v) is 2.16. The highest BCUT2D eigenvalue weighted by atomic mass is 15.3. The van der Waals surface area contributed by atoms with E-state index in [0.717, 1.165) is 0 Å². The van der Waals surface area contributed by atoms with E-state index in [1.807, 2.05) is 0 Å². The van der Waals surface area contributed by atoms with Crippen LogP contribution in [0.1, 0.15) is 23.7 Å². The van der Waals surface area contributed by atoms with Crippen LogP contribution in [0, 0.1) is 13.7 Å². The topological polar surface area (TPSA) is 43.8 Å². The Labute approximate surface area is 67.1 Å². The Morgan fingerprint density at radius 3 is 3.00 bits per heavy atom. The molecule has 0 aliphatic heterocycles.